The van der Waals surface area contributed by atoms with E-state index in [0.717, 1.165) is 45.2 Å². The number of carbonyl (C=O) groups is 1. The molecule has 2 fully saturated rings. The van der Waals surface area contributed by atoms with Crippen molar-refractivity contribution in [1.82, 2.24) is 4.90 Å². The third-order valence-corrected chi connectivity index (χ3v) is 4.00. The topological polar surface area (TPSA) is 40.5 Å². The van der Waals surface area contributed by atoms with Gasteiger partial charge < -0.3 is 5.11 Å². The molecule has 0 aromatic carbocycles. The minimum Gasteiger partial charge on any atom is -0.396 e. The first-order chi connectivity index (χ1) is 7.13. The highest BCUT2D eigenvalue weighted by atomic mass is 16.3. The summed E-state index contributed by atoms with van der Waals surface area (Å²) in [5, 5.41) is 9.30. The average molecular weight is 211 g/mol. The molecule has 0 amide bonds. The summed E-state index contributed by atoms with van der Waals surface area (Å²) in [4.78, 5) is 13.6. The van der Waals surface area contributed by atoms with Crippen molar-refractivity contribution in [1.29, 1.82) is 0 Å². The van der Waals surface area contributed by atoms with Gasteiger partial charge in [-0.05, 0) is 25.8 Å². The van der Waals surface area contributed by atoms with Crippen LogP contribution < -0.4 is 0 Å². The van der Waals surface area contributed by atoms with Crippen molar-refractivity contribution in [3.8, 4) is 0 Å². The molecule has 1 saturated heterocycles. The summed E-state index contributed by atoms with van der Waals surface area (Å²) in [6.45, 7) is 4.54. The van der Waals surface area contributed by atoms with Gasteiger partial charge >= 0.3 is 0 Å². The van der Waals surface area contributed by atoms with Crippen LogP contribution in [0.5, 0.6) is 0 Å². The van der Waals surface area contributed by atoms with E-state index in [-0.39, 0.29) is 12.0 Å². The minimum absolute atomic E-state index is 0.0987. The van der Waals surface area contributed by atoms with E-state index >= 15 is 0 Å². The molecule has 1 aliphatic carbocycles. The molecule has 0 spiro atoms. The van der Waals surface area contributed by atoms with Crippen molar-refractivity contribution in [2.45, 2.75) is 45.1 Å². The highest BCUT2D eigenvalue weighted by Crippen LogP contribution is 2.33. The van der Waals surface area contributed by atoms with E-state index in [4.69, 9.17) is 0 Å². The maximum atomic E-state index is 11.1. The molecule has 1 aliphatic heterocycles. The van der Waals surface area contributed by atoms with E-state index in [0.29, 0.717) is 11.8 Å². The number of aliphatic hydroxyl groups excluding tert-OH is 1. The number of hydrogen-bond donors (Lipinski definition) is 1. The lowest BCUT2D eigenvalue weighted by molar-refractivity contribution is -0.121. The Hall–Kier alpha value is -0.410. The van der Waals surface area contributed by atoms with Crippen LogP contribution in [-0.2, 0) is 4.79 Å². The number of nitrogens with zero attached hydrogens (tertiary/aromatic N) is 1. The Morgan fingerprint density at radius 1 is 1.47 bits per heavy atom. The monoisotopic (exact) mass is 211 g/mol. The number of ketones is 1. The minimum atomic E-state index is 0.0987. The van der Waals surface area contributed by atoms with Crippen LogP contribution in [0.4, 0.5) is 0 Å². The van der Waals surface area contributed by atoms with Crippen molar-refractivity contribution >= 4 is 5.78 Å². The van der Waals surface area contributed by atoms with Crippen LogP contribution in [0.25, 0.3) is 0 Å². The maximum Gasteiger partial charge on any atom is 0.133 e. The molecule has 2 aliphatic rings. The molecule has 0 bridgehead atoms. The summed E-state index contributed by atoms with van der Waals surface area (Å²) >= 11 is 0. The molecule has 15 heavy (non-hydrogen) atoms. The number of aliphatic hydroxyl groups is 1. The largest absolute Gasteiger partial charge is 0.396 e. The van der Waals surface area contributed by atoms with Gasteiger partial charge in [0.1, 0.15) is 5.78 Å². The van der Waals surface area contributed by atoms with Crippen LogP contribution >= 0.6 is 0 Å². The number of carbonyl (C=O) groups excluding carboxylic acids is 1. The van der Waals surface area contributed by atoms with Crippen molar-refractivity contribution in [3.63, 3.8) is 0 Å². The van der Waals surface area contributed by atoms with E-state index < -0.39 is 0 Å². The van der Waals surface area contributed by atoms with Crippen molar-refractivity contribution < 1.29 is 9.90 Å². The lowest BCUT2D eigenvalue weighted by Gasteiger charge is -2.31. The second-order valence-electron chi connectivity index (χ2n) is 5.46. The summed E-state index contributed by atoms with van der Waals surface area (Å²) in [5.41, 5.74) is 0.0987. The zero-order chi connectivity index (χ0) is 10.9. The maximum absolute atomic E-state index is 11.1. The smallest absolute Gasteiger partial charge is 0.133 e. The Balaban J connectivity index is 1.88. The number of likely N-dealkylation sites (tertiary alicyclic amines) is 1. The van der Waals surface area contributed by atoms with Crippen LogP contribution in [0.15, 0.2) is 0 Å². The molecular weight excluding hydrogens is 190 g/mol. The SMILES string of the molecule is CC1(CO)CCN(C2CCC(=O)CC2)C1. The third-order valence-electron chi connectivity index (χ3n) is 4.00. The predicted molar refractivity (Wildman–Crippen MR) is 58.6 cm³/mol. The number of rotatable bonds is 2. The molecule has 0 aromatic heterocycles. The van der Waals surface area contributed by atoms with Gasteiger partial charge in [-0.1, -0.05) is 6.92 Å². The van der Waals surface area contributed by atoms with Gasteiger partial charge in [0.05, 0.1) is 0 Å². The summed E-state index contributed by atoms with van der Waals surface area (Å²) in [7, 11) is 0. The van der Waals surface area contributed by atoms with Gasteiger partial charge in [0, 0.05) is 37.5 Å². The van der Waals surface area contributed by atoms with Crippen LogP contribution in [0.3, 0.4) is 0 Å². The molecule has 2 rings (SSSR count). The number of Topliss-reactive ketones (excluding diaryl/α,β-unsaturated/α-hetero) is 1. The fourth-order valence-electron chi connectivity index (χ4n) is 2.79. The van der Waals surface area contributed by atoms with Crippen LogP contribution in [0, 0.1) is 5.41 Å². The Morgan fingerprint density at radius 3 is 2.67 bits per heavy atom. The summed E-state index contributed by atoms with van der Waals surface area (Å²) in [5.74, 6) is 0.426. The summed E-state index contributed by atoms with van der Waals surface area (Å²) in [6, 6.07) is 0.594. The quantitative estimate of drug-likeness (QED) is 0.746. The molecule has 1 unspecified atom stereocenters. The Morgan fingerprint density at radius 2 is 2.13 bits per heavy atom. The van der Waals surface area contributed by atoms with E-state index in [1.54, 1.807) is 0 Å². The van der Waals surface area contributed by atoms with E-state index in [9.17, 15) is 9.90 Å². The first-order valence-corrected chi connectivity index (χ1v) is 6.00. The first kappa shape index (κ1) is 11.1. The van der Waals surface area contributed by atoms with E-state index in [1.165, 1.54) is 0 Å². The van der Waals surface area contributed by atoms with Gasteiger partial charge in [-0.2, -0.15) is 0 Å². The van der Waals surface area contributed by atoms with Gasteiger partial charge in [-0.25, -0.2) is 0 Å². The Kier molecular flexibility index (Phi) is 3.12. The zero-order valence-electron chi connectivity index (χ0n) is 9.54. The second kappa shape index (κ2) is 4.22. The fraction of sp³-hybridized carbons (Fsp3) is 0.917. The standard InChI is InChI=1S/C12H21NO2/c1-12(9-14)6-7-13(8-12)10-2-4-11(15)5-3-10/h10,14H,2-9H2,1H3. The van der Waals surface area contributed by atoms with Gasteiger partial charge in [0.2, 0.25) is 0 Å². The molecule has 0 radical (unpaired) electrons. The Labute approximate surface area is 91.5 Å². The molecule has 1 saturated carbocycles. The highest BCUT2D eigenvalue weighted by Gasteiger charge is 2.37. The van der Waals surface area contributed by atoms with Crippen LogP contribution in [-0.4, -0.2) is 41.5 Å². The second-order valence-corrected chi connectivity index (χ2v) is 5.46. The van der Waals surface area contributed by atoms with Crippen molar-refractivity contribution in [2.24, 2.45) is 5.41 Å². The third kappa shape index (κ3) is 2.40. The van der Waals surface area contributed by atoms with Crippen LogP contribution in [0.2, 0.25) is 0 Å². The molecule has 1 N–H and O–H groups in total. The van der Waals surface area contributed by atoms with Crippen molar-refractivity contribution in [3.05, 3.63) is 0 Å². The lowest BCUT2D eigenvalue weighted by atomic mass is 9.90. The Bertz CT molecular complexity index is 244. The first-order valence-electron chi connectivity index (χ1n) is 6.00. The summed E-state index contributed by atoms with van der Waals surface area (Å²) < 4.78 is 0. The average Bonchev–Trinajstić information content (AvgIpc) is 2.63. The molecule has 1 atom stereocenters. The normalized spacial score (nSPS) is 34.9. The molecular formula is C12H21NO2. The van der Waals surface area contributed by atoms with Gasteiger partial charge in [0.25, 0.3) is 0 Å². The molecule has 3 heteroatoms. The predicted octanol–water partition coefficient (Wildman–Crippen LogP) is 1.20. The highest BCUT2D eigenvalue weighted by molar-refractivity contribution is 5.79. The molecule has 3 nitrogen and oxygen atoms in total. The zero-order valence-corrected chi connectivity index (χ0v) is 9.54. The molecule has 0 aromatic rings. The molecule has 86 valence electrons. The molecule has 1 heterocycles. The van der Waals surface area contributed by atoms with E-state index in [2.05, 4.69) is 11.8 Å². The fourth-order valence-corrected chi connectivity index (χ4v) is 2.79. The van der Waals surface area contributed by atoms with Crippen molar-refractivity contribution in [2.75, 3.05) is 19.7 Å². The lowest BCUT2D eigenvalue weighted by Crippen LogP contribution is -2.38. The van der Waals surface area contributed by atoms with Crippen LogP contribution in [0.1, 0.15) is 39.0 Å². The van der Waals surface area contributed by atoms with Gasteiger partial charge in [-0.15, -0.1) is 0 Å². The number of hydrogen-bond acceptors (Lipinski definition) is 3. The van der Waals surface area contributed by atoms with Gasteiger partial charge in [-0.3, -0.25) is 9.69 Å². The van der Waals surface area contributed by atoms with Gasteiger partial charge in [0.15, 0.2) is 0 Å². The van der Waals surface area contributed by atoms with E-state index in [1.807, 2.05) is 0 Å². The summed E-state index contributed by atoms with van der Waals surface area (Å²) in [6.07, 6.45) is 4.67.